The lowest BCUT2D eigenvalue weighted by atomic mass is 10.2. The fraction of sp³-hybridized carbons (Fsp3) is 0.312. The third-order valence-electron chi connectivity index (χ3n) is 3.66. The van der Waals surface area contributed by atoms with Crippen LogP contribution in [-0.4, -0.2) is 9.55 Å². The molecule has 3 aromatic rings. The van der Waals surface area contributed by atoms with E-state index in [1.807, 2.05) is 17.4 Å². The van der Waals surface area contributed by atoms with Gasteiger partial charge in [0, 0.05) is 9.75 Å². The van der Waals surface area contributed by atoms with E-state index in [0.717, 1.165) is 11.3 Å². The molecule has 3 rings (SSSR count). The summed E-state index contributed by atoms with van der Waals surface area (Å²) >= 11 is 7.95. The second-order valence-corrected chi connectivity index (χ2v) is 6.69. The largest absolute Gasteiger partial charge is 0.319 e. The molecule has 0 fully saturated rings. The van der Waals surface area contributed by atoms with E-state index < -0.39 is 0 Å². The van der Waals surface area contributed by atoms with Crippen molar-refractivity contribution in [3.63, 3.8) is 0 Å². The molecular formula is C16H17ClN2S. The molecule has 0 saturated heterocycles. The minimum Gasteiger partial charge on any atom is -0.319 e. The molecule has 20 heavy (non-hydrogen) atoms. The predicted octanol–water partition coefficient (Wildman–Crippen LogP) is 5.06. The highest BCUT2D eigenvalue weighted by Crippen LogP contribution is 2.31. The Kier molecular flexibility index (Phi) is 3.57. The molecule has 0 bridgehead atoms. The maximum Gasteiger partial charge on any atom is 0.125 e. The topological polar surface area (TPSA) is 17.8 Å². The van der Waals surface area contributed by atoms with Gasteiger partial charge in [0.2, 0.25) is 0 Å². The van der Waals surface area contributed by atoms with Gasteiger partial charge in [0.25, 0.3) is 0 Å². The summed E-state index contributed by atoms with van der Waals surface area (Å²) in [5.74, 6) is 1.37. The van der Waals surface area contributed by atoms with Crippen LogP contribution in [-0.2, 0) is 5.88 Å². The number of benzene rings is 1. The Balaban J connectivity index is 2.23. The molecular weight excluding hydrogens is 288 g/mol. The number of halogens is 1. The van der Waals surface area contributed by atoms with Gasteiger partial charge in [0.1, 0.15) is 5.82 Å². The lowest BCUT2D eigenvalue weighted by Gasteiger charge is -2.16. The van der Waals surface area contributed by atoms with E-state index in [1.165, 1.54) is 20.8 Å². The van der Waals surface area contributed by atoms with Crippen molar-refractivity contribution in [1.29, 1.82) is 0 Å². The zero-order chi connectivity index (χ0) is 14.3. The third kappa shape index (κ3) is 2.15. The first-order valence-corrected chi connectivity index (χ1v) is 8.05. The number of hydrogen-bond acceptors (Lipinski definition) is 2. The Morgan fingerprint density at radius 1 is 1.25 bits per heavy atom. The third-order valence-corrected chi connectivity index (χ3v) is 5.07. The van der Waals surface area contributed by atoms with Crippen molar-refractivity contribution in [1.82, 2.24) is 9.55 Å². The molecule has 0 amide bonds. The van der Waals surface area contributed by atoms with Gasteiger partial charge in [-0.3, -0.25) is 0 Å². The SMILES string of the molecule is Cc1ccc(C(C)n2c(CCl)nc3cccc(C)c32)s1. The van der Waals surface area contributed by atoms with Gasteiger partial charge in [0.05, 0.1) is 23.0 Å². The molecule has 2 aromatic heterocycles. The van der Waals surface area contributed by atoms with E-state index in [-0.39, 0.29) is 6.04 Å². The predicted molar refractivity (Wildman–Crippen MR) is 86.9 cm³/mol. The highest BCUT2D eigenvalue weighted by atomic mass is 35.5. The highest BCUT2D eigenvalue weighted by Gasteiger charge is 2.18. The van der Waals surface area contributed by atoms with Crippen LogP contribution in [0.4, 0.5) is 0 Å². The monoisotopic (exact) mass is 304 g/mol. The summed E-state index contributed by atoms with van der Waals surface area (Å²) in [5, 5.41) is 0. The number of para-hydroxylation sites is 1. The summed E-state index contributed by atoms with van der Waals surface area (Å²) in [5.41, 5.74) is 3.47. The van der Waals surface area contributed by atoms with E-state index >= 15 is 0 Å². The molecule has 2 nitrogen and oxygen atoms in total. The summed E-state index contributed by atoms with van der Waals surface area (Å²) in [6, 6.07) is 10.9. The van der Waals surface area contributed by atoms with Crippen LogP contribution in [0.2, 0.25) is 0 Å². The lowest BCUT2D eigenvalue weighted by Crippen LogP contribution is -2.09. The Morgan fingerprint density at radius 2 is 2.05 bits per heavy atom. The Morgan fingerprint density at radius 3 is 2.70 bits per heavy atom. The minimum atomic E-state index is 0.258. The zero-order valence-corrected chi connectivity index (χ0v) is 13.4. The van der Waals surface area contributed by atoms with Crippen LogP contribution in [0.5, 0.6) is 0 Å². The quantitative estimate of drug-likeness (QED) is 0.618. The second-order valence-electron chi connectivity index (χ2n) is 5.10. The number of hydrogen-bond donors (Lipinski definition) is 0. The van der Waals surface area contributed by atoms with Crippen molar-refractivity contribution >= 4 is 34.0 Å². The maximum absolute atomic E-state index is 6.11. The first-order valence-electron chi connectivity index (χ1n) is 6.70. The van der Waals surface area contributed by atoms with Crippen molar-refractivity contribution in [2.45, 2.75) is 32.7 Å². The number of thiophene rings is 1. The molecule has 0 saturated carbocycles. The van der Waals surface area contributed by atoms with Crippen LogP contribution < -0.4 is 0 Å². The van der Waals surface area contributed by atoms with Gasteiger partial charge in [-0.2, -0.15) is 0 Å². The van der Waals surface area contributed by atoms with Crippen LogP contribution in [0.3, 0.4) is 0 Å². The number of alkyl halides is 1. The summed E-state index contributed by atoms with van der Waals surface area (Å²) in [6.45, 7) is 6.49. The van der Waals surface area contributed by atoms with Crippen molar-refractivity contribution < 1.29 is 0 Å². The lowest BCUT2D eigenvalue weighted by molar-refractivity contribution is 0.643. The molecule has 1 unspecified atom stereocenters. The Hall–Kier alpha value is -1.32. The Bertz CT molecular complexity index is 757. The van der Waals surface area contributed by atoms with Crippen LogP contribution in [0.1, 0.15) is 34.1 Å². The van der Waals surface area contributed by atoms with Gasteiger partial charge in [-0.1, -0.05) is 12.1 Å². The molecule has 0 radical (unpaired) electrons. The number of fused-ring (bicyclic) bond motifs is 1. The minimum absolute atomic E-state index is 0.258. The van der Waals surface area contributed by atoms with Crippen molar-refractivity contribution in [2.75, 3.05) is 0 Å². The zero-order valence-electron chi connectivity index (χ0n) is 11.9. The summed E-state index contributed by atoms with van der Waals surface area (Å²) < 4.78 is 2.28. The molecule has 0 aliphatic carbocycles. The average Bonchev–Trinajstić information content (AvgIpc) is 3.02. The van der Waals surface area contributed by atoms with E-state index in [0.29, 0.717) is 5.88 Å². The van der Waals surface area contributed by atoms with E-state index in [1.54, 1.807) is 0 Å². The normalized spacial score (nSPS) is 13.0. The maximum atomic E-state index is 6.11. The molecule has 0 aliphatic heterocycles. The first-order chi connectivity index (χ1) is 9.61. The van der Waals surface area contributed by atoms with Gasteiger partial charge in [0.15, 0.2) is 0 Å². The highest BCUT2D eigenvalue weighted by molar-refractivity contribution is 7.12. The fourth-order valence-electron chi connectivity index (χ4n) is 2.69. The molecule has 4 heteroatoms. The first kappa shape index (κ1) is 13.7. The molecule has 1 atom stereocenters. The van der Waals surface area contributed by atoms with Crippen LogP contribution in [0.25, 0.3) is 11.0 Å². The number of rotatable bonds is 3. The number of aromatic nitrogens is 2. The molecule has 0 spiro atoms. The van der Waals surface area contributed by atoms with Crippen molar-refractivity contribution in [3.05, 3.63) is 51.5 Å². The van der Waals surface area contributed by atoms with E-state index in [2.05, 4.69) is 54.6 Å². The molecule has 2 heterocycles. The summed E-state index contributed by atoms with van der Waals surface area (Å²) in [7, 11) is 0. The molecule has 1 aromatic carbocycles. The number of imidazole rings is 1. The molecule has 104 valence electrons. The molecule has 0 aliphatic rings. The number of nitrogens with zero attached hydrogens (tertiary/aromatic N) is 2. The second kappa shape index (κ2) is 5.23. The molecule has 0 N–H and O–H groups in total. The van der Waals surface area contributed by atoms with E-state index in [9.17, 15) is 0 Å². The fourth-order valence-corrected chi connectivity index (χ4v) is 3.79. The summed E-state index contributed by atoms with van der Waals surface area (Å²) in [4.78, 5) is 7.36. The standard InChI is InChI=1S/C16H17ClN2S/c1-10-5-4-6-13-16(10)19(15(9-17)18-13)12(3)14-8-7-11(2)20-14/h4-8,12H,9H2,1-3H3. The van der Waals surface area contributed by atoms with Gasteiger partial charge >= 0.3 is 0 Å². The summed E-state index contributed by atoms with van der Waals surface area (Å²) in [6.07, 6.45) is 0. The van der Waals surface area contributed by atoms with Crippen LogP contribution >= 0.6 is 22.9 Å². The smallest absolute Gasteiger partial charge is 0.125 e. The average molecular weight is 305 g/mol. The van der Waals surface area contributed by atoms with Gasteiger partial charge < -0.3 is 4.57 Å². The van der Waals surface area contributed by atoms with Gasteiger partial charge in [-0.25, -0.2) is 4.98 Å². The van der Waals surface area contributed by atoms with Crippen LogP contribution in [0, 0.1) is 13.8 Å². The Labute approximate surface area is 128 Å². The van der Waals surface area contributed by atoms with Gasteiger partial charge in [-0.05, 0) is 44.5 Å². The number of aryl methyl sites for hydroxylation is 2. The van der Waals surface area contributed by atoms with Crippen molar-refractivity contribution in [2.24, 2.45) is 0 Å². The van der Waals surface area contributed by atoms with Gasteiger partial charge in [-0.15, -0.1) is 22.9 Å². The van der Waals surface area contributed by atoms with Crippen LogP contribution in [0.15, 0.2) is 30.3 Å². The van der Waals surface area contributed by atoms with Crippen molar-refractivity contribution in [3.8, 4) is 0 Å². The van der Waals surface area contributed by atoms with E-state index in [4.69, 9.17) is 11.6 Å².